The van der Waals surface area contributed by atoms with Crippen LogP contribution < -0.4 is 5.73 Å². The van der Waals surface area contributed by atoms with Gasteiger partial charge in [0.2, 0.25) is 0 Å². The van der Waals surface area contributed by atoms with Crippen LogP contribution in [0.2, 0.25) is 5.02 Å². The number of nitrogens with zero attached hydrogens (tertiary/aromatic N) is 2. The molecule has 2 N–H and O–H groups in total. The molecule has 0 radical (unpaired) electrons. The number of pyridine rings is 1. The first kappa shape index (κ1) is 10.5. The number of anilines is 1. The Kier molecular flexibility index (Phi) is 2.46. The minimum atomic E-state index is 0.651. The monoisotopic (exact) mass is 261 g/mol. The van der Waals surface area contributed by atoms with Gasteiger partial charge in [-0.1, -0.05) is 11.6 Å². The quantitative estimate of drug-likeness (QED) is 0.728. The average Bonchev–Trinajstić information content (AvgIpc) is 2.72. The van der Waals surface area contributed by atoms with E-state index in [1.807, 2.05) is 30.3 Å². The van der Waals surface area contributed by atoms with E-state index in [4.69, 9.17) is 17.3 Å². The maximum absolute atomic E-state index is 5.93. The van der Waals surface area contributed by atoms with E-state index in [9.17, 15) is 0 Å². The predicted octanol–water partition coefficient (Wildman–Crippen LogP) is 3.59. The second-order valence-electron chi connectivity index (χ2n) is 3.61. The molecule has 5 heteroatoms. The van der Waals surface area contributed by atoms with Gasteiger partial charge in [-0.15, -0.1) is 11.3 Å². The molecule has 1 aromatic carbocycles. The smallest absolute Gasteiger partial charge is 0.143 e. The summed E-state index contributed by atoms with van der Waals surface area (Å²) < 4.78 is 1.10. The molecule has 0 spiro atoms. The summed E-state index contributed by atoms with van der Waals surface area (Å²) in [5, 5.41) is 1.57. The van der Waals surface area contributed by atoms with E-state index in [0.29, 0.717) is 10.7 Å². The van der Waals surface area contributed by atoms with Crippen LogP contribution in [0.15, 0.2) is 36.5 Å². The first-order valence-electron chi connectivity index (χ1n) is 5.00. The van der Waals surface area contributed by atoms with Gasteiger partial charge in [0.15, 0.2) is 0 Å². The van der Waals surface area contributed by atoms with Crippen molar-refractivity contribution in [2.75, 3.05) is 5.73 Å². The van der Waals surface area contributed by atoms with E-state index in [0.717, 1.165) is 20.9 Å². The summed E-state index contributed by atoms with van der Waals surface area (Å²) in [5.41, 5.74) is 7.98. The van der Waals surface area contributed by atoms with Crippen molar-refractivity contribution < 1.29 is 0 Å². The molecule has 3 nitrogen and oxygen atoms in total. The van der Waals surface area contributed by atoms with Crippen LogP contribution in [-0.2, 0) is 0 Å². The van der Waals surface area contributed by atoms with Crippen LogP contribution in [0.5, 0.6) is 0 Å². The average molecular weight is 262 g/mol. The van der Waals surface area contributed by atoms with Gasteiger partial charge in [-0.05, 0) is 30.3 Å². The molecule has 3 rings (SSSR count). The largest absolute Gasteiger partial charge is 0.397 e. The Morgan fingerprint density at radius 1 is 1.18 bits per heavy atom. The minimum Gasteiger partial charge on any atom is -0.397 e. The topological polar surface area (TPSA) is 51.8 Å². The lowest BCUT2D eigenvalue weighted by atomic mass is 10.3. The van der Waals surface area contributed by atoms with Gasteiger partial charge in [0, 0.05) is 5.02 Å². The molecule has 17 heavy (non-hydrogen) atoms. The summed E-state index contributed by atoms with van der Waals surface area (Å²) in [5.74, 6) is 0. The van der Waals surface area contributed by atoms with E-state index >= 15 is 0 Å². The molecule has 0 saturated carbocycles. The third-order valence-corrected chi connectivity index (χ3v) is 3.65. The van der Waals surface area contributed by atoms with Crippen molar-refractivity contribution in [1.29, 1.82) is 0 Å². The van der Waals surface area contributed by atoms with Gasteiger partial charge in [0.05, 0.1) is 27.8 Å². The first-order chi connectivity index (χ1) is 8.22. The molecule has 0 aliphatic carbocycles. The Morgan fingerprint density at radius 3 is 2.82 bits per heavy atom. The highest BCUT2D eigenvalue weighted by atomic mass is 35.5. The molecule has 84 valence electrons. The van der Waals surface area contributed by atoms with Gasteiger partial charge in [-0.2, -0.15) is 0 Å². The molecule has 2 aromatic heterocycles. The highest BCUT2D eigenvalue weighted by molar-refractivity contribution is 7.21. The Bertz CT molecular complexity index is 676. The van der Waals surface area contributed by atoms with E-state index in [2.05, 4.69) is 9.97 Å². The Morgan fingerprint density at radius 2 is 2.06 bits per heavy atom. The van der Waals surface area contributed by atoms with E-state index in [1.54, 1.807) is 17.5 Å². The zero-order valence-electron chi connectivity index (χ0n) is 8.72. The number of aromatic nitrogens is 2. The lowest BCUT2D eigenvalue weighted by molar-refractivity contribution is 1.31. The molecule has 2 heterocycles. The van der Waals surface area contributed by atoms with Crippen molar-refractivity contribution in [1.82, 2.24) is 9.97 Å². The van der Waals surface area contributed by atoms with Crippen molar-refractivity contribution >= 4 is 38.8 Å². The lowest BCUT2D eigenvalue weighted by Gasteiger charge is -1.94. The molecule has 0 fully saturated rings. The van der Waals surface area contributed by atoms with Gasteiger partial charge in [-0.25, -0.2) is 4.98 Å². The summed E-state index contributed by atoms with van der Waals surface area (Å²) in [7, 11) is 0. The fourth-order valence-electron chi connectivity index (χ4n) is 1.54. The molecule has 0 aliphatic rings. The molecule has 0 bridgehead atoms. The first-order valence-corrected chi connectivity index (χ1v) is 6.20. The van der Waals surface area contributed by atoms with Crippen molar-refractivity contribution in [3.05, 3.63) is 41.6 Å². The van der Waals surface area contributed by atoms with Gasteiger partial charge in [0.1, 0.15) is 5.01 Å². The molecule has 3 aromatic rings. The zero-order chi connectivity index (χ0) is 11.8. The summed E-state index contributed by atoms with van der Waals surface area (Å²) in [6.07, 6.45) is 1.63. The van der Waals surface area contributed by atoms with Gasteiger partial charge >= 0.3 is 0 Å². The number of nitrogen functional groups attached to an aromatic ring is 1. The SMILES string of the molecule is Nc1ccc(-c2nc3cc(Cl)ccc3s2)nc1. The molecule has 0 unspecified atom stereocenters. The third-order valence-electron chi connectivity index (χ3n) is 2.36. The van der Waals surface area contributed by atoms with Gasteiger partial charge < -0.3 is 5.73 Å². The lowest BCUT2D eigenvalue weighted by Crippen LogP contribution is -1.87. The van der Waals surface area contributed by atoms with E-state index in [1.165, 1.54) is 0 Å². The van der Waals surface area contributed by atoms with Crippen LogP contribution in [0.4, 0.5) is 5.69 Å². The van der Waals surface area contributed by atoms with Gasteiger partial charge in [-0.3, -0.25) is 4.98 Å². The third kappa shape index (κ3) is 1.97. The summed E-state index contributed by atoms with van der Waals surface area (Å²) >= 11 is 7.52. The summed E-state index contributed by atoms with van der Waals surface area (Å²) in [4.78, 5) is 8.76. The highest BCUT2D eigenvalue weighted by Crippen LogP contribution is 2.30. The highest BCUT2D eigenvalue weighted by Gasteiger charge is 2.07. The van der Waals surface area contributed by atoms with Crippen LogP contribution in [0.25, 0.3) is 20.9 Å². The number of nitrogens with two attached hydrogens (primary N) is 1. The molecular formula is C12H8ClN3S. The van der Waals surface area contributed by atoms with Crippen molar-refractivity contribution in [2.45, 2.75) is 0 Å². The molecular weight excluding hydrogens is 254 g/mol. The Hall–Kier alpha value is -1.65. The number of hydrogen-bond donors (Lipinski definition) is 1. The number of benzene rings is 1. The molecule has 0 amide bonds. The van der Waals surface area contributed by atoms with Crippen LogP contribution >= 0.6 is 22.9 Å². The fraction of sp³-hybridized carbons (Fsp3) is 0. The predicted molar refractivity (Wildman–Crippen MR) is 72.3 cm³/mol. The van der Waals surface area contributed by atoms with Crippen molar-refractivity contribution in [3.8, 4) is 10.7 Å². The van der Waals surface area contributed by atoms with Crippen molar-refractivity contribution in [2.24, 2.45) is 0 Å². The van der Waals surface area contributed by atoms with Crippen LogP contribution in [0.3, 0.4) is 0 Å². The number of hydrogen-bond acceptors (Lipinski definition) is 4. The second kappa shape index (κ2) is 3.98. The number of halogens is 1. The number of rotatable bonds is 1. The Labute approximate surface area is 107 Å². The maximum Gasteiger partial charge on any atom is 0.143 e. The van der Waals surface area contributed by atoms with Gasteiger partial charge in [0.25, 0.3) is 0 Å². The van der Waals surface area contributed by atoms with E-state index in [-0.39, 0.29) is 0 Å². The van der Waals surface area contributed by atoms with E-state index < -0.39 is 0 Å². The van der Waals surface area contributed by atoms with Crippen molar-refractivity contribution in [3.63, 3.8) is 0 Å². The van der Waals surface area contributed by atoms with Crippen LogP contribution in [0.1, 0.15) is 0 Å². The molecule has 0 atom stereocenters. The molecule has 0 aliphatic heterocycles. The summed E-state index contributed by atoms with van der Waals surface area (Å²) in [6, 6.07) is 9.38. The maximum atomic E-state index is 5.93. The Balaban J connectivity index is 2.14. The van der Waals surface area contributed by atoms with Crippen LogP contribution in [0, 0.1) is 0 Å². The number of fused-ring (bicyclic) bond motifs is 1. The zero-order valence-corrected chi connectivity index (χ0v) is 10.3. The number of thiazole rings is 1. The normalized spacial score (nSPS) is 10.9. The minimum absolute atomic E-state index is 0.651. The fourth-order valence-corrected chi connectivity index (χ4v) is 2.63. The standard InChI is InChI=1S/C12H8ClN3S/c13-7-1-4-11-10(5-7)16-12(17-11)9-3-2-8(14)6-15-9/h1-6H,14H2. The molecule has 0 saturated heterocycles. The van der Waals surface area contributed by atoms with Crippen LogP contribution in [-0.4, -0.2) is 9.97 Å². The summed E-state index contributed by atoms with van der Waals surface area (Å²) in [6.45, 7) is 0. The second-order valence-corrected chi connectivity index (χ2v) is 5.07.